The van der Waals surface area contributed by atoms with Gasteiger partial charge in [-0.3, -0.25) is 4.79 Å². The van der Waals surface area contributed by atoms with Gasteiger partial charge in [-0.25, -0.2) is 4.79 Å². The van der Waals surface area contributed by atoms with Crippen LogP contribution in [0.4, 0.5) is 5.00 Å². The van der Waals surface area contributed by atoms with Crippen LogP contribution in [0, 0.1) is 0 Å². The fourth-order valence-electron chi connectivity index (χ4n) is 2.79. The van der Waals surface area contributed by atoms with Gasteiger partial charge < -0.3 is 10.1 Å². The van der Waals surface area contributed by atoms with Crippen molar-refractivity contribution in [2.24, 2.45) is 0 Å². The van der Waals surface area contributed by atoms with Crippen molar-refractivity contribution in [1.82, 2.24) is 0 Å². The largest absolute Gasteiger partial charge is 0.462 e. The lowest BCUT2D eigenvalue weighted by molar-refractivity contribution is -0.116. The minimum atomic E-state index is -0.452. The molecule has 0 aliphatic rings. The van der Waals surface area contributed by atoms with Gasteiger partial charge in [0.1, 0.15) is 10.6 Å². The van der Waals surface area contributed by atoms with Crippen LogP contribution in [0.3, 0.4) is 0 Å². The Bertz CT molecular complexity index is 952. The average molecular weight is 414 g/mol. The van der Waals surface area contributed by atoms with Crippen molar-refractivity contribution >= 4 is 39.8 Å². The molecule has 0 aliphatic heterocycles. The Balaban J connectivity index is 1.80. The molecule has 3 aromatic rings. The van der Waals surface area contributed by atoms with E-state index in [1.165, 1.54) is 11.3 Å². The number of nitrogens with one attached hydrogen (secondary N) is 1. The average Bonchev–Trinajstić information content (AvgIpc) is 3.11. The summed E-state index contributed by atoms with van der Waals surface area (Å²) in [5, 5.41) is 5.84. The Morgan fingerprint density at radius 2 is 1.79 bits per heavy atom. The third-order valence-electron chi connectivity index (χ3n) is 4.16. The molecule has 0 unspecified atom stereocenters. The van der Waals surface area contributed by atoms with Gasteiger partial charge in [-0.1, -0.05) is 54.1 Å². The molecule has 1 aromatic heterocycles. The van der Waals surface area contributed by atoms with Crippen LogP contribution in [0.5, 0.6) is 0 Å². The predicted octanol–water partition coefficient (Wildman–Crippen LogP) is 5.82. The summed E-state index contributed by atoms with van der Waals surface area (Å²) in [5.41, 5.74) is 3.03. The summed E-state index contributed by atoms with van der Waals surface area (Å²) in [6, 6.07) is 17.0. The summed E-state index contributed by atoms with van der Waals surface area (Å²) >= 11 is 7.28. The SMILES string of the molecule is CCOC(=O)c1c(-c2ccc(Cl)cc2)csc1NC(=O)CCc1ccccc1. The molecule has 0 radical (unpaired) electrons. The Morgan fingerprint density at radius 3 is 2.46 bits per heavy atom. The number of carbonyl (C=O) groups excluding carboxylic acids is 2. The number of amides is 1. The second-order valence-corrected chi connectivity index (χ2v) is 7.43. The monoisotopic (exact) mass is 413 g/mol. The van der Waals surface area contributed by atoms with E-state index in [1.54, 1.807) is 19.1 Å². The highest BCUT2D eigenvalue weighted by molar-refractivity contribution is 7.15. The first-order chi connectivity index (χ1) is 13.6. The predicted molar refractivity (Wildman–Crippen MR) is 114 cm³/mol. The van der Waals surface area contributed by atoms with E-state index in [0.29, 0.717) is 28.4 Å². The van der Waals surface area contributed by atoms with E-state index < -0.39 is 5.97 Å². The third kappa shape index (κ3) is 5.00. The quantitative estimate of drug-likeness (QED) is 0.497. The van der Waals surface area contributed by atoms with E-state index >= 15 is 0 Å². The molecular weight excluding hydrogens is 394 g/mol. The first-order valence-corrected chi connectivity index (χ1v) is 10.2. The van der Waals surface area contributed by atoms with Crippen molar-refractivity contribution in [3.63, 3.8) is 0 Å². The summed E-state index contributed by atoms with van der Waals surface area (Å²) in [6.45, 7) is 2.01. The highest BCUT2D eigenvalue weighted by atomic mass is 35.5. The highest BCUT2D eigenvalue weighted by Crippen LogP contribution is 2.36. The summed E-state index contributed by atoms with van der Waals surface area (Å²) in [6.07, 6.45) is 0.970. The minimum Gasteiger partial charge on any atom is -0.462 e. The maximum atomic E-state index is 12.6. The van der Waals surface area contributed by atoms with Crippen molar-refractivity contribution in [2.75, 3.05) is 11.9 Å². The zero-order valence-corrected chi connectivity index (χ0v) is 17.0. The zero-order valence-electron chi connectivity index (χ0n) is 15.4. The zero-order chi connectivity index (χ0) is 19.9. The lowest BCUT2D eigenvalue weighted by Gasteiger charge is -2.09. The number of carbonyl (C=O) groups is 2. The van der Waals surface area contributed by atoms with Crippen LogP contribution in [-0.4, -0.2) is 18.5 Å². The van der Waals surface area contributed by atoms with Crippen molar-refractivity contribution < 1.29 is 14.3 Å². The number of aryl methyl sites for hydroxylation is 1. The molecule has 4 nitrogen and oxygen atoms in total. The first-order valence-electron chi connectivity index (χ1n) is 8.96. The maximum Gasteiger partial charge on any atom is 0.341 e. The molecule has 3 rings (SSSR count). The van der Waals surface area contributed by atoms with Crippen LogP contribution in [0.1, 0.15) is 29.3 Å². The Morgan fingerprint density at radius 1 is 1.07 bits per heavy atom. The molecule has 1 amide bonds. The van der Waals surface area contributed by atoms with Crippen LogP contribution in [0.25, 0.3) is 11.1 Å². The second-order valence-electron chi connectivity index (χ2n) is 6.11. The topological polar surface area (TPSA) is 55.4 Å². The van der Waals surface area contributed by atoms with Gasteiger partial charge in [-0.15, -0.1) is 11.3 Å². The molecular formula is C22H20ClNO3S. The lowest BCUT2D eigenvalue weighted by atomic mass is 10.0. The van der Waals surface area contributed by atoms with Crippen LogP contribution < -0.4 is 5.32 Å². The molecule has 0 aliphatic carbocycles. The number of hydrogen-bond acceptors (Lipinski definition) is 4. The molecule has 0 atom stereocenters. The van der Waals surface area contributed by atoms with Gasteiger partial charge in [0.05, 0.1) is 6.61 Å². The molecule has 2 aromatic carbocycles. The van der Waals surface area contributed by atoms with Gasteiger partial charge in [0.15, 0.2) is 0 Å². The summed E-state index contributed by atoms with van der Waals surface area (Å²) in [4.78, 5) is 25.0. The van der Waals surface area contributed by atoms with Crippen molar-refractivity contribution in [3.8, 4) is 11.1 Å². The van der Waals surface area contributed by atoms with E-state index in [0.717, 1.165) is 16.7 Å². The van der Waals surface area contributed by atoms with Gasteiger partial charge in [-0.2, -0.15) is 0 Å². The summed E-state index contributed by atoms with van der Waals surface area (Å²) < 4.78 is 5.21. The number of esters is 1. The Kier molecular flexibility index (Phi) is 6.85. The van der Waals surface area contributed by atoms with E-state index in [4.69, 9.17) is 16.3 Å². The van der Waals surface area contributed by atoms with E-state index in [2.05, 4.69) is 5.32 Å². The number of benzene rings is 2. The fourth-order valence-corrected chi connectivity index (χ4v) is 3.89. The third-order valence-corrected chi connectivity index (χ3v) is 5.31. The molecule has 1 heterocycles. The number of hydrogen-bond donors (Lipinski definition) is 1. The Labute approximate surface area is 173 Å². The standard InChI is InChI=1S/C22H20ClNO3S/c1-2-27-22(26)20-18(16-9-11-17(23)12-10-16)14-28-21(20)24-19(25)13-8-15-6-4-3-5-7-15/h3-7,9-12,14H,2,8,13H2,1H3,(H,24,25). The molecule has 0 bridgehead atoms. The normalized spacial score (nSPS) is 10.5. The molecule has 0 spiro atoms. The minimum absolute atomic E-state index is 0.140. The highest BCUT2D eigenvalue weighted by Gasteiger charge is 2.22. The fraction of sp³-hybridized carbons (Fsp3) is 0.182. The molecule has 1 N–H and O–H groups in total. The van der Waals surface area contributed by atoms with Gasteiger partial charge >= 0.3 is 5.97 Å². The van der Waals surface area contributed by atoms with Crippen LogP contribution in [0.15, 0.2) is 60.0 Å². The molecule has 0 saturated heterocycles. The van der Waals surface area contributed by atoms with Gasteiger partial charge in [0.2, 0.25) is 5.91 Å². The van der Waals surface area contributed by atoms with E-state index in [9.17, 15) is 9.59 Å². The van der Waals surface area contributed by atoms with Crippen molar-refractivity contribution in [3.05, 3.63) is 76.1 Å². The first kappa shape index (κ1) is 20.1. The molecule has 28 heavy (non-hydrogen) atoms. The van der Waals surface area contributed by atoms with E-state index in [1.807, 2.05) is 47.8 Å². The van der Waals surface area contributed by atoms with Crippen LogP contribution in [0.2, 0.25) is 5.02 Å². The lowest BCUT2D eigenvalue weighted by Crippen LogP contribution is -2.15. The van der Waals surface area contributed by atoms with E-state index in [-0.39, 0.29) is 12.5 Å². The number of rotatable bonds is 7. The van der Waals surface area contributed by atoms with Crippen LogP contribution in [-0.2, 0) is 16.0 Å². The summed E-state index contributed by atoms with van der Waals surface area (Å²) in [5.74, 6) is -0.592. The van der Waals surface area contributed by atoms with Crippen molar-refractivity contribution in [1.29, 1.82) is 0 Å². The maximum absolute atomic E-state index is 12.6. The smallest absolute Gasteiger partial charge is 0.341 e. The molecule has 0 fully saturated rings. The molecule has 144 valence electrons. The van der Waals surface area contributed by atoms with Gasteiger partial charge in [0.25, 0.3) is 0 Å². The van der Waals surface area contributed by atoms with Crippen molar-refractivity contribution in [2.45, 2.75) is 19.8 Å². The molecule has 6 heteroatoms. The van der Waals surface area contributed by atoms with Crippen LogP contribution >= 0.6 is 22.9 Å². The number of thiophene rings is 1. The Hall–Kier alpha value is -2.63. The van der Waals surface area contributed by atoms with Gasteiger partial charge in [0, 0.05) is 22.4 Å². The second kappa shape index (κ2) is 9.53. The number of halogens is 1. The number of ether oxygens (including phenoxy) is 1. The van der Waals surface area contributed by atoms with Gasteiger partial charge in [-0.05, 0) is 36.6 Å². The molecule has 0 saturated carbocycles. The summed E-state index contributed by atoms with van der Waals surface area (Å²) in [7, 11) is 0. The number of anilines is 1.